The van der Waals surface area contributed by atoms with E-state index in [0.717, 1.165) is 6.20 Å². The Labute approximate surface area is 84.6 Å². The van der Waals surface area contributed by atoms with E-state index in [2.05, 4.69) is 21.3 Å². The van der Waals surface area contributed by atoms with Crippen molar-refractivity contribution < 1.29 is 9.66 Å². The number of nitrogens with two attached hydrogens (primary N) is 1. The first-order chi connectivity index (χ1) is 7.19. The molecule has 0 saturated heterocycles. The molecule has 0 fully saturated rings. The smallest absolute Gasteiger partial charge is 0.349 e. The molecule has 3 N–H and O–H groups in total. The number of rotatable bonds is 4. The van der Waals surface area contributed by atoms with Gasteiger partial charge in [-0.05, 0) is 0 Å². The molecule has 0 aromatic carbocycles. The number of nitrogens with one attached hydrogen (secondary N) is 1. The van der Waals surface area contributed by atoms with Crippen molar-refractivity contribution in [3.63, 3.8) is 0 Å². The second-order valence-corrected chi connectivity index (χ2v) is 2.28. The highest BCUT2D eigenvalue weighted by Crippen LogP contribution is 2.23. The minimum atomic E-state index is -0.674. The number of aromatic nitrogens is 2. The van der Waals surface area contributed by atoms with Gasteiger partial charge in [-0.15, -0.1) is 6.42 Å². The molecule has 1 rings (SSSR count). The van der Waals surface area contributed by atoms with Gasteiger partial charge in [-0.2, -0.15) is 4.98 Å². The second-order valence-electron chi connectivity index (χ2n) is 2.28. The van der Waals surface area contributed by atoms with Crippen molar-refractivity contribution in [1.29, 1.82) is 0 Å². The van der Waals surface area contributed by atoms with Gasteiger partial charge in [0.05, 0.1) is 4.92 Å². The first-order valence-corrected chi connectivity index (χ1v) is 3.73. The van der Waals surface area contributed by atoms with E-state index in [4.69, 9.17) is 17.0 Å². The molecule has 0 bridgehead atoms. The lowest BCUT2D eigenvalue weighted by molar-refractivity contribution is -0.386. The van der Waals surface area contributed by atoms with Crippen LogP contribution >= 0.6 is 0 Å². The summed E-state index contributed by atoms with van der Waals surface area (Å²) < 4.78 is 4.87. The van der Waals surface area contributed by atoms with Gasteiger partial charge in [-0.1, -0.05) is 5.92 Å². The summed E-state index contributed by atoms with van der Waals surface area (Å²) in [6, 6.07) is 0. The lowest BCUT2D eigenvalue weighted by Crippen LogP contribution is -2.12. The first kappa shape index (κ1) is 10.7. The maximum absolute atomic E-state index is 10.5. The minimum Gasteiger partial charge on any atom is -0.460 e. The fourth-order valence-corrected chi connectivity index (χ4v) is 0.771. The summed E-state index contributed by atoms with van der Waals surface area (Å²) in [5.41, 5.74) is 1.76. The average Bonchev–Trinajstić information content (AvgIpc) is 2.25. The largest absolute Gasteiger partial charge is 0.460 e. The highest BCUT2D eigenvalue weighted by Gasteiger charge is 2.18. The van der Waals surface area contributed by atoms with E-state index in [1.165, 1.54) is 0 Å². The molecule has 0 amide bonds. The number of terminal acetylenes is 1. The number of hydrogen-bond acceptors (Lipinski definition) is 7. The molecule has 0 aliphatic heterocycles. The predicted molar refractivity (Wildman–Crippen MR) is 50.8 cm³/mol. The molecule has 0 unspecified atom stereocenters. The van der Waals surface area contributed by atoms with Crippen LogP contribution in [0.4, 0.5) is 11.6 Å². The van der Waals surface area contributed by atoms with Crippen LogP contribution in [0.2, 0.25) is 0 Å². The van der Waals surface area contributed by atoms with Crippen LogP contribution in [0.15, 0.2) is 6.20 Å². The Morgan fingerprint density at radius 3 is 3.07 bits per heavy atom. The lowest BCUT2D eigenvalue weighted by Gasteiger charge is -2.03. The van der Waals surface area contributed by atoms with Crippen molar-refractivity contribution in [2.75, 3.05) is 12.0 Å². The average molecular weight is 209 g/mol. The van der Waals surface area contributed by atoms with Crippen molar-refractivity contribution >= 4 is 11.6 Å². The number of hydrazine groups is 1. The maximum Gasteiger partial charge on any atom is 0.349 e. The minimum absolute atomic E-state index is 0.00706. The highest BCUT2D eigenvalue weighted by molar-refractivity contribution is 5.42. The summed E-state index contributed by atoms with van der Waals surface area (Å²) in [7, 11) is 0. The lowest BCUT2D eigenvalue weighted by atomic mass is 10.5. The van der Waals surface area contributed by atoms with Crippen molar-refractivity contribution in [3.8, 4) is 18.2 Å². The van der Waals surface area contributed by atoms with Gasteiger partial charge in [-0.3, -0.25) is 15.5 Å². The van der Waals surface area contributed by atoms with Gasteiger partial charge in [0.25, 0.3) is 5.88 Å². The molecule has 0 atom stereocenters. The molecule has 78 valence electrons. The monoisotopic (exact) mass is 209 g/mol. The molecule has 0 radical (unpaired) electrons. The number of nitrogens with zero attached hydrogens (tertiary/aromatic N) is 3. The molecule has 1 aromatic heterocycles. The van der Waals surface area contributed by atoms with E-state index >= 15 is 0 Å². The SMILES string of the molecule is C#CCOc1nc(NN)ncc1[N+](=O)[O-]. The zero-order chi connectivity index (χ0) is 11.3. The first-order valence-electron chi connectivity index (χ1n) is 3.73. The zero-order valence-corrected chi connectivity index (χ0v) is 7.51. The topological polar surface area (TPSA) is 116 Å². The fraction of sp³-hybridized carbons (Fsp3) is 0.143. The number of anilines is 1. The summed E-state index contributed by atoms with van der Waals surface area (Å²) in [5, 5.41) is 10.5. The molecule has 1 heterocycles. The number of hydrogen-bond donors (Lipinski definition) is 2. The molecule has 8 nitrogen and oxygen atoms in total. The fourth-order valence-electron chi connectivity index (χ4n) is 0.771. The van der Waals surface area contributed by atoms with Crippen LogP contribution in [0.3, 0.4) is 0 Å². The summed E-state index contributed by atoms with van der Waals surface area (Å²) in [6.45, 7) is -0.123. The van der Waals surface area contributed by atoms with Crippen molar-refractivity contribution in [2.24, 2.45) is 5.84 Å². The van der Waals surface area contributed by atoms with Crippen LogP contribution in [0.1, 0.15) is 0 Å². The third-order valence-corrected chi connectivity index (χ3v) is 1.35. The maximum atomic E-state index is 10.5. The van der Waals surface area contributed by atoms with E-state index < -0.39 is 4.92 Å². The predicted octanol–water partition coefficient (Wildman–Crippen LogP) is -0.318. The number of ether oxygens (including phenoxy) is 1. The molecule has 0 aliphatic rings. The van der Waals surface area contributed by atoms with Gasteiger partial charge < -0.3 is 4.74 Å². The summed E-state index contributed by atoms with van der Waals surface area (Å²) in [5.74, 6) is 6.98. The summed E-state index contributed by atoms with van der Waals surface area (Å²) >= 11 is 0. The number of nitrogen functional groups attached to an aromatic ring is 1. The molecule has 15 heavy (non-hydrogen) atoms. The van der Waals surface area contributed by atoms with Crippen molar-refractivity contribution in [2.45, 2.75) is 0 Å². The Kier molecular flexibility index (Phi) is 3.37. The van der Waals surface area contributed by atoms with Gasteiger partial charge in [0.15, 0.2) is 6.61 Å². The van der Waals surface area contributed by atoms with Crippen LogP contribution < -0.4 is 16.0 Å². The quantitative estimate of drug-likeness (QED) is 0.302. The van der Waals surface area contributed by atoms with Crippen molar-refractivity contribution in [3.05, 3.63) is 16.3 Å². The third-order valence-electron chi connectivity index (χ3n) is 1.35. The van der Waals surface area contributed by atoms with Gasteiger partial charge in [-0.25, -0.2) is 10.8 Å². The van der Waals surface area contributed by atoms with Crippen LogP contribution in [0, 0.1) is 22.5 Å². The molecular formula is C7H7N5O3. The van der Waals surface area contributed by atoms with Crippen LogP contribution in [0.25, 0.3) is 0 Å². The van der Waals surface area contributed by atoms with Crippen LogP contribution in [-0.2, 0) is 0 Å². The van der Waals surface area contributed by atoms with Gasteiger partial charge in [0.2, 0.25) is 5.95 Å². The molecule has 1 aromatic rings. The van der Waals surface area contributed by atoms with Crippen LogP contribution in [-0.4, -0.2) is 21.5 Å². The standard InChI is InChI=1S/C7H7N5O3/c1-2-3-15-6-5(12(13)14)4-9-7(10-6)11-8/h1,4H,3,8H2,(H,9,10,11). The molecule has 8 heteroatoms. The van der Waals surface area contributed by atoms with E-state index in [1.54, 1.807) is 0 Å². The molecular weight excluding hydrogens is 202 g/mol. The van der Waals surface area contributed by atoms with Crippen molar-refractivity contribution in [1.82, 2.24) is 9.97 Å². The number of nitro groups is 1. The van der Waals surface area contributed by atoms with E-state index in [-0.39, 0.29) is 24.1 Å². The Morgan fingerprint density at radius 1 is 1.80 bits per heavy atom. The molecule has 0 saturated carbocycles. The van der Waals surface area contributed by atoms with Crippen LogP contribution in [0.5, 0.6) is 5.88 Å². The van der Waals surface area contributed by atoms with E-state index in [1.807, 2.05) is 0 Å². The second kappa shape index (κ2) is 4.73. The van der Waals surface area contributed by atoms with Gasteiger partial charge in [0, 0.05) is 0 Å². The Hall–Kier alpha value is -2.40. The Morgan fingerprint density at radius 2 is 2.53 bits per heavy atom. The normalized spacial score (nSPS) is 9.07. The summed E-state index contributed by atoms with van der Waals surface area (Å²) in [6.07, 6.45) is 5.92. The van der Waals surface area contributed by atoms with Gasteiger partial charge in [0.1, 0.15) is 6.20 Å². The zero-order valence-electron chi connectivity index (χ0n) is 7.51. The van der Waals surface area contributed by atoms with E-state index in [9.17, 15) is 10.1 Å². The molecule has 0 aliphatic carbocycles. The Bertz CT molecular complexity index is 414. The highest BCUT2D eigenvalue weighted by atomic mass is 16.6. The molecule has 0 spiro atoms. The third kappa shape index (κ3) is 2.52. The Balaban J connectivity index is 3.06. The summed E-state index contributed by atoms with van der Waals surface area (Å²) in [4.78, 5) is 17.1. The van der Waals surface area contributed by atoms with E-state index in [0.29, 0.717) is 0 Å². The van der Waals surface area contributed by atoms with Gasteiger partial charge >= 0.3 is 5.69 Å².